The van der Waals surface area contributed by atoms with E-state index in [-0.39, 0.29) is 0 Å². The summed E-state index contributed by atoms with van der Waals surface area (Å²) < 4.78 is 8.42. The molecule has 0 spiro atoms. The molecule has 2 aliphatic rings. The zero-order valence-corrected chi connectivity index (χ0v) is 14.3. The number of likely N-dealkylation sites (tertiary alicyclic amines) is 1. The Hall–Kier alpha value is -1.72. The van der Waals surface area contributed by atoms with Gasteiger partial charge in [0.1, 0.15) is 5.82 Å². The van der Waals surface area contributed by atoms with Crippen molar-refractivity contribution in [3.05, 3.63) is 48.3 Å². The van der Waals surface area contributed by atoms with Crippen LogP contribution in [0.25, 0.3) is 0 Å². The van der Waals surface area contributed by atoms with Crippen molar-refractivity contribution in [2.75, 3.05) is 13.2 Å². The van der Waals surface area contributed by atoms with Crippen molar-refractivity contribution in [2.45, 2.75) is 44.4 Å². The van der Waals surface area contributed by atoms with E-state index in [2.05, 4.69) is 38.6 Å². The van der Waals surface area contributed by atoms with E-state index >= 15 is 0 Å². The Morgan fingerprint density at radius 1 is 1.17 bits per heavy atom. The highest BCUT2D eigenvalue weighted by Crippen LogP contribution is 2.32. The largest absolute Gasteiger partial charge is 0.376 e. The molecule has 4 rings (SSSR count). The van der Waals surface area contributed by atoms with Gasteiger partial charge in [-0.3, -0.25) is 9.88 Å². The van der Waals surface area contributed by atoms with Gasteiger partial charge in [0.15, 0.2) is 0 Å². The second kappa shape index (κ2) is 7.03. The Labute approximate surface area is 143 Å². The third-order valence-electron chi connectivity index (χ3n) is 5.30. The van der Waals surface area contributed by atoms with Crippen molar-refractivity contribution in [3.8, 4) is 0 Å². The molecule has 1 saturated carbocycles. The van der Waals surface area contributed by atoms with Crippen LogP contribution in [0.4, 0.5) is 0 Å². The summed E-state index contributed by atoms with van der Waals surface area (Å²) in [5.41, 5.74) is 1.33. The van der Waals surface area contributed by atoms with Crippen LogP contribution in [0.3, 0.4) is 0 Å². The van der Waals surface area contributed by atoms with Gasteiger partial charge in [0.25, 0.3) is 0 Å². The van der Waals surface area contributed by atoms with E-state index in [0.717, 1.165) is 44.3 Å². The third-order valence-corrected chi connectivity index (χ3v) is 5.30. The third kappa shape index (κ3) is 3.68. The summed E-state index contributed by atoms with van der Waals surface area (Å²) in [7, 11) is 2.07. The molecule has 0 amide bonds. The molecular formula is C19H26N4O. The topological polar surface area (TPSA) is 43.2 Å². The molecular weight excluding hydrogens is 300 g/mol. The number of pyridine rings is 1. The molecule has 2 aromatic rings. The van der Waals surface area contributed by atoms with Gasteiger partial charge in [0.2, 0.25) is 0 Å². The lowest BCUT2D eigenvalue weighted by molar-refractivity contribution is 0.0192. The van der Waals surface area contributed by atoms with Crippen molar-refractivity contribution >= 4 is 0 Å². The number of hydrogen-bond donors (Lipinski definition) is 0. The van der Waals surface area contributed by atoms with E-state index in [9.17, 15) is 0 Å². The monoisotopic (exact) mass is 326 g/mol. The summed E-state index contributed by atoms with van der Waals surface area (Å²) in [4.78, 5) is 11.2. The summed E-state index contributed by atoms with van der Waals surface area (Å²) >= 11 is 0. The second-order valence-corrected chi connectivity index (χ2v) is 7.16. The highest BCUT2D eigenvalue weighted by atomic mass is 16.5. The quantitative estimate of drug-likeness (QED) is 0.784. The standard InChI is InChI=1S/C19H26N4O/c1-22-11-9-21-19(22)13-23-10-6-18(24-14-16-2-3-16)17(23)12-15-4-7-20-8-5-15/h4-5,7-9,11,16-18H,2-3,6,10,12-14H2,1H3/t17-,18-/m1/s1. The Bertz CT molecular complexity index is 652. The van der Waals surface area contributed by atoms with Crippen molar-refractivity contribution in [1.29, 1.82) is 0 Å². The van der Waals surface area contributed by atoms with Gasteiger partial charge < -0.3 is 9.30 Å². The second-order valence-electron chi connectivity index (χ2n) is 7.16. The molecule has 0 aromatic carbocycles. The molecule has 0 N–H and O–H groups in total. The first kappa shape index (κ1) is 15.8. The molecule has 0 unspecified atom stereocenters. The minimum atomic E-state index is 0.332. The first-order valence-corrected chi connectivity index (χ1v) is 9.00. The molecule has 0 bridgehead atoms. The molecule has 2 atom stereocenters. The summed E-state index contributed by atoms with van der Waals surface area (Å²) in [6.07, 6.45) is 12.8. The van der Waals surface area contributed by atoms with Gasteiger partial charge in [0, 0.05) is 51.0 Å². The normalized spacial score (nSPS) is 24.5. The van der Waals surface area contributed by atoms with Crippen LogP contribution in [0.2, 0.25) is 0 Å². The predicted octanol–water partition coefficient (Wildman–Crippen LogP) is 2.43. The maximum atomic E-state index is 6.31. The fraction of sp³-hybridized carbons (Fsp3) is 0.579. The highest BCUT2D eigenvalue weighted by molar-refractivity contribution is 5.13. The zero-order valence-electron chi connectivity index (χ0n) is 14.3. The summed E-state index contributed by atoms with van der Waals surface area (Å²) in [6, 6.07) is 4.66. The lowest BCUT2D eigenvalue weighted by Crippen LogP contribution is -2.38. The number of hydrogen-bond acceptors (Lipinski definition) is 4. The van der Waals surface area contributed by atoms with Crippen LogP contribution < -0.4 is 0 Å². The van der Waals surface area contributed by atoms with Crippen molar-refractivity contribution in [1.82, 2.24) is 19.4 Å². The molecule has 1 aliphatic heterocycles. The van der Waals surface area contributed by atoms with Crippen LogP contribution in [0.1, 0.15) is 30.7 Å². The van der Waals surface area contributed by atoms with Crippen LogP contribution in [0.15, 0.2) is 36.9 Å². The molecule has 5 nitrogen and oxygen atoms in total. The van der Waals surface area contributed by atoms with Gasteiger partial charge in [-0.05, 0) is 49.3 Å². The Morgan fingerprint density at radius 3 is 2.71 bits per heavy atom. The van der Waals surface area contributed by atoms with Crippen molar-refractivity contribution in [2.24, 2.45) is 13.0 Å². The Balaban J connectivity index is 1.47. The van der Waals surface area contributed by atoms with E-state index in [1.165, 1.54) is 18.4 Å². The van der Waals surface area contributed by atoms with Crippen molar-refractivity contribution < 1.29 is 4.74 Å². The Morgan fingerprint density at radius 2 is 2.00 bits per heavy atom. The van der Waals surface area contributed by atoms with Crippen LogP contribution in [-0.2, 0) is 24.8 Å². The minimum Gasteiger partial charge on any atom is -0.376 e. The number of aryl methyl sites for hydroxylation is 1. The number of imidazole rings is 1. The van der Waals surface area contributed by atoms with Gasteiger partial charge in [-0.15, -0.1) is 0 Å². The molecule has 2 fully saturated rings. The average Bonchev–Trinajstić information content (AvgIpc) is 3.24. The van der Waals surface area contributed by atoms with Crippen LogP contribution in [0.5, 0.6) is 0 Å². The maximum Gasteiger partial charge on any atom is 0.122 e. The molecule has 5 heteroatoms. The van der Waals surface area contributed by atoms with E-state index in [1.807, 2.05) is 24.8 Å². The molecule has 3 heterocycles. The molecule has 1 aliphatic carbocycles. The molecule has 0 radical (unpaired) electrons. The highest BCUT2D eigenvalue weighted by Gasteiger charge is 2.36. The lowest BCUT2D eigenvalue weighted by atomic mass is 10.0. The number of aromatic nitrogens is 3. The summed E-state index contributed by atoms with van der Waals surface area (Å²) in [5, 5.41) is 0. The number of rotatable bonds is 7. The van der Waals surface area contributed by atoms with E-state index < -0.39 is 0 Å². The van der Waals surface area contributed by atoms with Gasteiger partial charge in [-0.25, -0.2) is 4.98 Å². The SMILES string of the molecule is Cn1ccnc1CN1CC[C@@H](OCC2CC2)[C@H]1Cc1ccncc1. The fourth-order valence-corrected chi connectivity index (χ4v) is 3.57. The van der Waals surface area contributed by atoms with Gasteiger partial charge in [0.05, 0.1) is 12.6 Å². The predicted molar refractivity (Wildman–Crippen MR) is 92.4 cm³/mol. The first-order chi connectivity index (χ1) is 11.8. The summed E-state index contributed by atoms with van der Waals surface area (Å²) in [5.74, 6) is 1.94. The van der Waals surface area contributed by atoms with Gasteiger partial charge >= 0.3 is 0 Å². The molecule has 24 heavy (non-hydrogen) atoms. The maximum absolute atomic E-state index is 6.31. The van der Waals surface area contributed by atoms with Crippen molar-refractivity contribution in [3.63, 3.8) is 0 Å². The van der Waals surface area contributed by atoms with Crippen LogP contribution in [-0.4, -0.2) is 44.7 Å². The van der Waals surface area contributed by atoms with Crippen LogP contribution >= 0.6 is 0 Å². The first-order valence-electron chi connectivity index (χ1n) is 9.00. The lowest BCUT2D eigenvalue weighted by Gasteiger charge is -2.28. The molecule has 2 aromatic heterocycles. The summed E-state index contributed by atoms with van der Waals surface area (Å²) in [6.45, 7) is 2.91. The Kier molecular flexibility index (Phi) is 4.63. The van der Waals surface area contributed by atoms with E-state index in [1.54, 1.807) is 0 Å². The van der Waals surface area contributed by atoms with E-state index in [0.29, 0.717) is 12.1 Å². The smallest absolute Gasteiger partial charge is 0.122 e. The molecule has 128 valence electrons. The number of nitrogens with zero attached hydrogens (tertiary/aromatic N) is 4. The van der Waals surface area contributed by atoms with Gasteiger partial charge in [-0.2, -0.15) is 0 Å². The minimum absolute atomic E-state index is 0.332. The number of ether oxygens (including phenoxy) is 1. The average molecular weight is 326 g/mol. The zero-order chi connectivity index (χ0) is 16.4. The van der Waals surface area contributed by atoms with E-state index in [4.69, 9.17) is 4.74 Å². The van der Waals surface area contributed by atoms with Gasteiger partial charge in [-0.1, -0.05) is 0 Å². The van der Waals surface area contributed by atoms with Crippen LogP contribution in [0, 0.1) is 5.92 Å². The molecule has 1 saturated heterocycles. The fourth-order valence-electron chi connectivity index (χ4n) is 3.57.